The number of aromatic amines is 1. The molecule has 46 heavy (non-hydrogen) atoms. The van der Waals surface area contributed by atoms with Crippen LogP contribution in [0.2, 0.25) is 0 Å². The van der Waals surface area contributed by atoms with Crippen molar-refractivity contribution < 1.29 is 50.9 Å². The first-order chi connectivity index (χ1) is 21.5. The molecule has 5 rings (SSSR count). The van der Waals surface area contributed by atoms with Gasteiger partial charge in [-0.2, -0.15) is 31.4 Å². The first kappa shape index (κ1) is 36.3. The summed E-state index contributed by atoms with van der Waals surface area (Å²) >= 11 is 0. The van der Waals surface area contributed by atoms with Crippen LogP contribution in [0.5, 0.6) is 0 Å². The van der Waals surface area contributed by atoms with Gasteiger partial charge in [0.1, 0.15) is 5.82 Å². The average molecular weight is 664 g/mol. The molecule has 3 aromatic rings. The van der Waals surface area contributed by atoms with Crippen molar-refractivity contribution >= 4 is 34.6 Å². The monoisotopic (exact) mass is 663 g/mol. The first-order valence-corrected chi connectivity index (χ1v) is 14.4. The van der Waals surface area contributed by atoms with E-state index in [9.17, 15) is 31.1 Å². The summed E-state index contributed by atoms with van der Waals surface area (Å²) < 4.78 is 65.3. The number of carbonyl (C=O) groups is 3. The number of nitrogens with zero attached hydrogens (tertiary/aromatic N) is 4. The van der Waals surface area contributed by atoms with E-state index in [1.54, 1.807) is 6.20 Å². The number of fused-ring (bicyclic) bond motifs is 1. The molecule has 0 radical (unpaired) electrons. The molecule has 12 nitrogen and oxygen atoms in total. The van der Waals surface area contributed by atoms with Gasteiger partial charge in [0.15, 0.2) is 0 Å². The molecule has 0 saturated carbocycles. The molecule has 3 aromatic heterocycles. The number of H-pyrrole nitrogens is 1. The quantitative estimate of drug-likeness (QED) is 0.223. The summed E-state index contributed by atoms with van der Waals surface area (Å²) in [5, 5.41) is 26.0. The molecular weight excluding hydrogens is 628 g/mol. The molecule has 18 heteroatoms. The predicted octanol–water partition coefficient (Wildman–Crippen LogP) is 4.82. The number of hydrogen-bond acceptors (Lipinski definition) is 7. The van der Waals surface area contributed by atoms with Crippen LogP contribution < -0.4 is 10.6 Å². The van der Waals surface area contributed by atoms with Crippen LogP contribution >= 0.6 is 0 Å². The standard InChI is InChI=1S/C24H33N7O.2C2HF3O2/c1-30-10-3-5-22(30)21-12-18-14-26-23(13-20(18)28-21)29-24(32)19-15-27-31(16-19)11-2-4-17-6-8-25-9-7-17;2*3-2(4,5)1(6)7/h12-17,22,25,28H,2-11H2,1H3,(H,26,29,32);2*(H,6,7)/t22-;;/m1../s1. The van der Waals surface area contributed by atoms with Crippen molar-refractivity contribution in [2.45, 2.75) is 63.5 Å². The fraction of sp³-hybridized carbons (Fsp3) is 0.536. The number of carboxylic acid groups (broad SMARTS) is 2. The third-order valence-electron chi connectivity index (χ3n) is 7.48. The van der Waals surface area contributed by atoms with Gasteiger partial charge in [-0.3, -0.25) is 14.4 Å². The van der Waals surface area contributed by atoms with Crippen molar-refractivity contribution in [3.8, 4) is 0 Å². The van der Waals surface area contributed by atoms with Crippen molar-refractivity contribution in [1.82, 2.24) is 30.0 Å². The molecule has 0 aliphatic carbocycles. The highest BCUT2D eigenvalue weighted by Gasteiger charge is 2.39. The molecule has 5 N–H and O–H groups in total. The van der Waals surface area contributed by atoms with Crippen molar-refractivity contribution in [2.24, 2.45) is 5.92 Å². The number of aryl methyl sites for hydroxylation is 1. The molecule has 1 amide bonds. The van der Waals surface area contributed by atoms with Gasteiger partial charge in [0.2, 0.25) is 0 Å². The summed E-state index contributed by atoms with van der Waals surface area (Å²) in [5.74, 6) is -4.32. The van der Waals surface area contributed by atoms with Crippen LogP contribution in [0.3, 0.4) is 0 Å². The number of amides is 1. The maximum Gasteiger partial charge on any atom is 0.490 e. The number of aromatic nitrogens is 4. The van der Waals surface area contributed by atoms with Gasteiger partial charge in [-0.15, -0.1) is 0 Å². The molecule has 2 aliphatic heterocycles. The highest BCUT2D eigenvalue weighted by molar-refractivity contribution is 6.04. The lowest BCUT2D eigenvalue weighted by Crippen LogP contribution is -2.27. The number of aliphatic carboxylic acids is 2. The van der Waals surface area contributed by atoms with Gasteiger partial charge in [0.05, 0.1) is 17.3 Å². The van der Waals surface area contributed by atoms with Gasteiger partial charge in [0.25, 0.3) is 5.91 Å². The van der Waals surface area contributed by atoms with E-state index in [1.807, 2.05) is 23.1 Å². The number of likely N-dealkylation sites (tertiary alicyclic amines) is 1. The summed E-state index contributed by atoms with van der Waals surface area (Å²) in [6.45, 7) is 4.25. The normalized spacial score (nSPS) is 17.5. The second-order valence-electron chi connectivity index (χ2n) is 10.9. The first-order valence-electron chi connectivity index (χ1n) is 14.4. The zero-order valence-electron chi connectivity index (χ0n) is 24.8. The fourth-order valence-corrected chi connectivity index (χ4v) is 5.10. The summed E-state index contributed by atoms with van der Waals surface area (Å²) in [6, 6.07) is 4.52. The SMILES string of the molecule is CN1CCC[C@@H]1c1cc2cnc(NC(=O)c3cnn(CCCC4CCNCC4)c3)cc2[nH]1.O=C(O)C(F)(F)F.O=C(O)C(F)(F)F. The maximum absolute atomic E-state index is 12.7. The maximum atomic E-state index is 12.7. The van der Waals surface area contributed by atoms with Crippen LogP contribution in [0.15, 0.2) is 30.7 Å². The van der Waals surface area contributed by atoms with E-state index >= 15 is 0 Å². The summed E-state index contributed by atoms with van der Waals surface area (Å²) in [6.07, 6.45) is 2.38. The van der Waals surface area contributed by atoms with Crippen LogP contribution in [0.25, 0.3) is 10.9 Å². The molecule has 2 aliphatic rings. The minimum atomic E-state index is -5.08. The number of hydrogen-bond donors (Lipinski definition) is 5. The molecule has 0 unspecified atom stereocenters. The molecule has 0 aromatic carbocycles. The van der Waals surface area contributed by atoms with Crippen LogP contribution in [0, 0.1) is 5.92 Å². The number of carboxylic acids is 2. The third kappa shape index (κ3) is 11.0. The van der Waals surface area contributed by atoms with Crippen LogP contribution in [-0.4, -0.2) is 91.7 Å². The van der Waals surface area contributed by atoms with Gasteiger partial charge in [-0.05, 0) is 77.2 Å². The van der Waals surface area contributed by atoms with Crippen LogP contribution in [0.1, 0.15) is 60.6 Å². The Morgan fingerprint density at radius 3 is 2.20 bits per heavy atom. The zero-order valence-corrected chi connectivity index (χ0v) is 24.8. The van der Waals surface area contributed by atoms with E-state index in [4.69, 9.17) is 19.8 Å². The van der Waals surface area contributed by atoms with Crippen LogP contribution in [-0.2, 0) is 16.1 Å². The lowest BCUT2D eigenvalue weighted by Gasteiger charge is -2.22. The van der Waals surface area contributed by atoms with E-state index in [1.165, 1.54) is 37.8 Å². The van der Waals surface area contributed by atoms with Gasteiger partial charge in [0, 0.05) is 42.1 Å². The lowest BCUT2D eigenvalue weighted by molar-refractivity contribution is -0.193. The molecule has 2 fully saturated rings. The summed E-state index contributed by atoms with van der Waals surface area (Å²) in [4.78, 5) is 40.8. The lowest BCUT2D eigenvalue weighted by atomic mass is 9.93. The third-order valence-corrected chi connectivity index (χ3v) is 7.48. The zero-order chi connectivity index (χ0) is 34.1. The molecule has 0 bridgehead atoms. The summed E-state index contributed by atoms with van der Waals surface area (Å²) in [5.41, 5.74) is 2.78. The van der Waals surface area contributed by atoms with Gasteiger partial charge >= 0.3 is 24.3 Å². The van der Waals surface area contributed by atoms with E-state index in [0.717, 1.165) is 49.4 Å². The minimum Gasteiger partial charge on any atom is -0.475 e. The van der Waals surface area contributed by atoms with Crippen molar-refractivity contribution in [2.75, 3.05) is 32.0 Å². The molecule has 254 valence electrons. The average Bonchev–Trinajstić information content (AvgIpc) is 3.73. The Kier molecular flexibility index (Phi) is 12.5. The van der Waals surface area contributed by atoms with Gasteiger partial charge in [-0.25, -0.2) is 14.6 Å². The molecular formula is C28H35F6N7O5. The Hall–Kier alpha value is -4.19. The highest BCUT2D eigenvalue weighted by atomic mass is 19.4. The molecule has 0 spiro atoms. The number of pyridine rings is 1. The molecule has 1 atom stereocenters. The molecule has 5 heterocycles. The van der Waals surface area contributed by atoms with Crippen LogP contribution in [0.4, 0.5) is 32.2 Å². The van der Waals surface area contributed by atoms with Crippen molar-refractivity contribution in [3.63, 3.8) is 0 Å². The largest absolute Gasteiger partial charge is 0.490 e. The number of carbonyl (C=O) groups excluding carboxylic acids is 1. The highest BCUT2D eigenvalue weighted by Crippen LogP contribution is 2.32. The Morgan fingerprint density at radius 2 is 1.63 bits per heavy atom. The van der Waals surface area contributed by atoms with Gasteiger partial charge < -0.3 is 25.8 Å². The Morgan fingerprint density at radius 1 is 1.00 bits per heavy atom. The second-order valence-corrected chi connectivity index (χ2v) is 10.9. The second kappa shape index (κ2) is 15.9. The minimum absolute atomic E-state index is 0.177. The van der Waals surface area contributed by atoms with E-state index < -0.39 is 24.3 Å². The number of anilines is 1. The smallest absolute Gasteiger partial charge is 0.475 e. The fourth-order valence-electron chi connectivity index (χ4n) is 5.10. The van der Waals surface area contributed by atoms with E-state index in [2.05, 4.69) is 43.7 Å². The summed E-state index contributed by atoms with van der Waals surface area (Å²) in [7, 11) is 2.17. The Labute approximate surface area is 259 Å². The van der Waals surface area contributed by atoms with E-state index in [-0.39, 0.29) is 5.91 Å². The number of nitrogens with one attached hydrogen (secondary N) is 3. The Balaban J connectivity index is 0.000000345. The van der Waals surface area contributed by atoms with Crippen molar-refractivity contribution in [3.05, 3.63) is 42.0 Å². The Bertz CT molecular complexity index is 1440. The number of halogens is 6. The number of rotatable bonds is 7. The molecule has 2 saturated heterocycles. The number of piperidine rings is 1. The topological polar surface area (TPSA) is 165 Å². The van der Waals surface area contributed by atoms with Crippen molar-refractivity contribution in [1.29, 1.82) is 0 Å². The number of alkyl halides is 6. The van der Waals surface area contributed by atoms with E-state index in [0.29, 0.717) is 17.4 Å². The predicted molar refractivity (Wildman–Crippen MR) is 153 cm³/mol. The van der Waals surface area contributed by atoms with Gasteiger partial charge in [-0.1, -0.05) is 0 Å².